The number of para-hydroxylation sites is 1. The number of anilines is 3. The Kier molecular flexibility index (Phi) is 5.91. The molecule has 12 rings (SSSR count). The fraction of sp³-hybridized carbons (Fsp3) is 0.115. The number of fused-ring (bicyclic) bond motifs is 16. The van der Waals surface area contributed by atoms with E-state index in [0.717, 1.165) is 71.7 Å². The van der Waals surface area contributed by atoms with E-state index in [4.69, 9.17) is 8.83 Å². The molecule has 2 heterocycles. The third-order valence-corrected chi connectivity index (χ3v) is 12.8. The minimum Gasteiger partial charge on any atom is -0.455 e. The zero-order chi connectivity index (χ0) is 36.8. The summed E-state index contributed by atoms with van der Waals surface area (Å²) >= 11 is 0. The van der Waals surface area contributed by atoms with Crippen LogP contribution in [0, 0.1) is 0 Å². The normalized spacial score (nSPS) is 14.8. The SMILES string of the molecule is CC1(C)c2ccccc2-c2ccc(N(c3ccc4c(c3)C(C)(C)c3ccccc3-4)c3ccc4oc5c6ccccc6c6c7ccccc7oc6c5c4c3)cc21. The van der Waals surface area contributed by atoms with Gasteiger partial charge in [-0.2, -0.15) is 0 Å². The van der Waals surface area contributed by atoms with Crippen molar-refractivity contribution in [1.82, 2.24) is 0 Å². The average Bonchev–Trinajstić information content (AvgIpc) is 3.91. The van der Waals surface area contributed by atoms with E-state index < -0.39 is 0 Å². The van der Waals surface area contributed by atoms with Gasteiger partial charge in [0.25, 0.3) is 0 Å². The van der Waals surface area contributed by atoms with Crippen molar-refractivity contribution in [3.63, 3.8) is 0 Å². The van der Waals surface area contributed by atoms with Gasteiger partial charge in [-0.3, -0.25) is 0 Å². The summed E-state index contributed by atoms with van der Waals surface area (Å²) in [5, 5.41) is 6.52. The first kappa shape index (κ1) is 30.8. The summed E-state index contributed by atoms with van der Waals surface area (Å²) < 4.78 is 13.5. The Bertz CT molecular complexity index is 3170. The molecular weight excluding hydrogens is 671 g/mol. The van der Waals surface area contributed by atoms with Gasteiger partial charge in [-0.05, 0) is 98.4 Å². The molecule has 0 saturated heterocycles. The Balaban J connectivity index is 1.13. The first-order valence-corrected chi connectivity index (χ1v) is 19.3. The van der Waals surface area contributed by atoms with Crippen molar-refractivity contribution in [2.75, 3.05) is 4.90 Å². The van der Waals surface area contributed by atoms with Gasteiger partial charge in [0.05, 0.1) is 5.39 Å². The second-order valence-corrected chi connectivity index (χ2v) is 16.5. The average molecular weight is 708 g/mol. The van der Waals surface area contributed by atoms with E-state index in [1.54, 1.807) is 0 Å². The van der Waals surface area contributed by atoms with Crippen molar-refractivity contribution in [2.24, 2.45) is 0 Å². The van der Waals surface area contributed by atoms with Gasteiger partial charge in [0.1, 0.15) is 22.3 Å². The van der Waals surface area contributed by atoms with Crippen molar-refractivity contribution in [1.29, 1.82) is 0 Å². The molecule has 0 bridgehead atoms. The molecule has 0 amide bonds. The second kappa shape index (κ2) is 10.5. The highest BCUT2D eigenvalue weighted by Gasteiger charge is 2.38. The molecule has 0 unspecified atom stereocenters. The lowest BCUT2D eigenvalue weighted by Crippen LogP contribution is -2.18. The topological polar surface area (TPSA) is 29.5 Å². The fourth-order valence-electron chi connectivity index (χ4n) is 10.1. The molecule has 8 aromatic carbocycles. The molecule has 3 nitrogen and oxygen atoms in total. The maximum Gasteiger partial charge on any atom is 0.147 e. The molecule has 2 aliphatic rings. The lowest BCUT2D eigenvalue weighted by atomic mass is 9.82. The highest BCUT2D eigenvalue weighted by atomic mass is 16.3. The van der Waals surface area contributed by atoms with Gasteiger partial charge in [0, 0.05) is 49.4 Å². The maximum absolute atomic E-state index is 6.78. The highest BCUT2D eigenvalue weighted by Crippen LogP contribution is 2.54. The lowest BCUT2D eigenvalue weighted by Gasteiger charge is -2.29. The van der Waals surface area contributed by atoms with Gasteiger partial charge >= 0.3 is 0 Å². The lowest BCUT2D eigenvalue weighted by molar-refractivity contribution is 0.660. The van der Waals surface area contributed by atoms with Crippen molar-refractivity contribution >= 4 is 71.7 Å². The van der Waals surface area contributed by atoms with Gasteiger partial charge in [-0.15, -0.1) is 0 Å². The van der Waals surface area contributed by atoms with Gasteiger partial charge in [0.2, 0.25) is 0 Å². The van der Waals surface area contributed by atoms with Crippen LogP contribution < -0.4 is 4.90 Å². The van der Waals surface area contributed by atoms with Crippen molar-refractivity contribution in [2.45, 2.75) is 38.5 Å². The van der Waals surface area contributed by atoms with E-state index >= 15 is 0 Å². The molecule has 2 aliphatic carbocycles. The van der Waals surface area contributed by atoms with Crippen LogP contribution in [-0.2, 0) is 10.8 Å². The predicted molar refractivity (Wildman–Crippen MR) is 228 cm³/mol. The predicted octanol–water partition coefficient (Wildman–Crippen LogP) is 14.7. The summed E-state index contributed by atoms with van der Waals surface area (Å²) in [6.07, 6.45) is 0. The van der Waals surface area contributed by atoms with Crippen LogP contribution >= 0.6 is 0 Å². The quantitative estimate of drug-likeness (QED) is 0.183. The maximum atomic E-state index is 6.78. The molecule has 0 atom stereocenters. The molecular formula is C52H37NO2. The molecule has 10 aromatic rings. The van der Waals surface area contributed by atoms with Crippen LogP contribution in [0.25, 0.3) is 76.9 Å². The number of nitrogens with zero attached hydrogens (tertiary/aromatic N) is 1. The van der Waals surface area contributed by atoms with Gasteiger partial charge in [0.15, 0.2) is 0 Å². The largest absolute Gasteiger partial charge is 0.455 e. The van der Waals surface area contributed by atoms with Gasteiger partial charge in [-0.25, -0.2) is 0 Å². The number of hydrogen-bond acceptors (Lipinski definition) is 3. The standard InChI is InChI=1S/C52H37NO2/c1-51(2)41-18-10-7-13-33(41)35-24-21-31(28-43(35)51)53(32-22-25-36-34-14-8-11-19-42(34)52(3,4)44(36)29-32)30-23-26-46-40(27-30)48-49(54-46)38-16-6-5-15-37(38)47-39-17-9-12-20-45(39)55-50(47)48/h5-29H,1-4H3. The van der Waals surface area contributed by atoms with E-state index in [0.29, 0.717) is 0 Å². The zero-order valence-corrected chi connectivity index (χ0v) is 31.2. The van der Waals surface area contributed by atoms with Crippen LogP contribution in [0.4, 0.5) is 17.1 Å². The molecule has 55 heavy (non-hydrogen) atoms. The number of furan rings is 2. The zero-order valence-electron chi connectivity index (χ0n) is 31.2. The van der Waals surface area contributed by atoms with Crippen LogP contribution in [-0.4, -0.2) is 0 Å². The Morgan fingerprint density at radius 1 is 0.364 bits per heavy atom. The van der Waals surface area contributed by atoms with Crippen LogP contribution in [0.2, 0.25) is 0 Å². The van der Waals surface area contributed by atoms with Crippen molar-refractivity contribution < 1.29 is 8.83 Å². The first-order chi connectivity index (χ1) is 26.8. The van der Waals surface area contributed by atoms with Gasteiger partial charge < -0.3 is 13.7 Å². The number of rotatable bonds is 3. The summed E-state index contributed by atoms with van der Waals surface area (Å²) in [4.78, 5) is 2.44. The summed E-state index contributed by atoms with van der Waals surface area (Å²) in [5.41, 5.74) is 17.2. The summed E-state index contributed by atoms with van der Waals surface area (Å²) in [7, 11) is 0. The molecule has 0 saturated carbocycles. The highest BCUT2D eigenvalue weighted by molar-refractivity contribution is 6.33. The van der Waals surface area contributed by atoms with E-state index in [1.165, 1.54) is 44.5 Å². The minimum atomic E-state index is -0.131. The van der Waals surface area contributed by atoms with E-state index in [9.17, 15) is 0 Å². The monoisotopic (exact) mass is 707 g/mol. The Morgan fingerprint density at radius 3 is 1.49 bits per heavy atom. The van der Waals surface area contributed by atoms with Crippen molar-refractivity contribution in [3.8, 4) is 22.3 Å². The summed E-state index contributed by atoms with van der Waals surface area (Å²) in [5.74, 6) is 0. The molecule has 0 aliphatic heterocycles. The molecule has 0 fully saturated rings. The smallest absolute Gasteiger partial charge is 0.147 e. The van der Waals surface area contributed by atoms with E-state index in [2.05, 4.69) is 178 Å². The number of hydrogen-bond donors (Lipinski definition) is 0. The van der Waals surface area contributed by atoms with E-state index in [1.807, 2.05) is 6.07 Å². The van der Waals surface area contributed by atoms with Crippen LogP contribution in [0.3, 0.4) is 0 Å². The Morgan fingerprint density at radius 2 is 0.836 bits per heavy atom. The third-order valence-electron chi connectivity index (χ3n) is 12.8. The van der Waals surface area contributed by atoms with Crippen LogP contribution in [0.1, 0.15) is 49.9 Å². The third kappa shape index (κ3) is 4.00. The summed E-state index contributed by atoms with van der Waals surface area (Å²) in [6.45, 7) is 9.42. The second-order valence-electron chi connectivity index (χ2n) is 16.5. The molecule has 2 aromatic heterocycles. The first-order valence-electron chi connectivity index (χ1n) is 19.3. The van der Waals surface area contributed by atoms with Crippen molar-refractivity contribution in [3.05, 3.63) is 174 Å². The van der Waals surface area contributed by atoms with Crippen LogP contribution in [0.15, 0.2) is 160 Å². The molecule has 0 spiro atoms. The molecule has 262 valence electrons. The van der Waals surface area contributed by atoms with Gasteiger partial charge in [-0.1, -0.05) is 131 Å². The number of benzene rings is 8. The molecule has 3 heteroatoms. The van der Waals surface area contributed by atoms with Crippen LogP contribution in [0.5, 0.6) is 0 Å². The van der Waals surface area contributed by atoms with E-state index in [-0.39, 0.29) is 10.8 Å². The minimum absolute atomic E-state index is 0.131. The fourth-order valence-corrected chi connectivity index (χ4v) is 10.1. The summed E-state index contributed by atoms with van der Waals surface area (Å²) in [6, 6.07) is 55.4. The molecule has 0 radical (unpaired) electrons. The Labute approximate surface area is 319 Å². The molecule has 0 N–H and O–H groups in total. The Hall–Kier alpha value is -6.58.